The summed E-state index contributed by atoms with van der Waals surface area (Å²) in [6.45, 7) is 4.12. The molecule has 1 aliphatic carbocycles. The van der Waals surface area contributed by atoms with Gasteiger partial charge in [-0.25, -0.2) is 4.98 Å². The summed E-state index contributed by atoms with van der Waals surface area (Å²) in [4.78, 5) is 7.39. The molecule has 2 unspecified atom stereocenters. The van der Waals surface area contributed by atoms with Gasteiger partial charge in [-0.05, 0) is 51.6 Å². The molecule has 1 aromatic rings. The van der Waals surface area contributed by atoms with Crippen molar-refractivity contribution in [1.29, 1.82) is 0 Å². The third-order valence-electron chi connectivity index (χ3n) is 4.00. The van der Waals surface area contributed by atoms with Gasteiger partial charge in [-0.3, -0.25) is 4.90 Å². The summed E-state index contributed by atoms with van der Waals surface area (Å²) >= 11 is 1.82. The summed E-state index contributed by atoms with van der Waals surface area (Å²) in [5.41, 5.74) is 7.13. The monoisotopic (exact) mass is 251 g/mol. The molecule has 2 atom stereocenters. The maximum Gasteiger partial charge on any atom is 0.110 e. The Hall–Kier alpha value is -0.450. The molecule has 1 aliphatic heterocycles. The zero-order valence-electron chi connectivity index (χ0n) is 10.4. The van der Waals surface area contributed by atoms with Crippen LogP contribution >= 0.6 is 11.3 Å². The summed E-state index contributed by atoms with van der Waals surface area (Å²) in [6, 6.07) is 1.32. The van der Waals surface area contributed by atoms with Gasteiger partial charge in [-0.15, -0.1) is 11.3 Å². The SMILES string of the molecule is Cc1csc(C2C(CN)CCCN2C2CC2)n1. The van der Waals surface area contributed by atoms with E-state index in [0.717, 1.165) is 18.3 Å². The maximum absolute atomic E-state index is 5.97. The molecule has 1 aromatic heterocycles. The largest absolute Gasteiger partial charge is 0.330 e. The zero-order valence-corrected chi connectivity index (χ0v) is 11.2. The number of nitrogens with two attached hydrogens (primary N) is 1. The molecule has 2 heterocycles. The van der Waals surface area contributed by atoms with Crippen molar-refractivity contribution in [3.8, 4) is 0 Å². The van der Waals surface area contributed by atoms with E-state index in [1.807, 2.05) is 11.3 Å². The van der Waals surface area contributed by atoms with E-state index in [4.69, 9.17) is 10.7 Å². The van der Waals surface area contributed by atoms with Crippen molar-refractivity contribution in [2.24, 2.45) is 11.7 Å². The summed E-state index contributed by atoms with van der Waals surface area (Å²) in [6.07, 6.45) is 5.32. The minimum atomic E-state index is 0.500. The molecule has 3 nitrogen and oxygen atoms in total. The Morgan fingerprint density at radius 2 is 2.29 bits per heavy atom. The molecule has 0 spiro atoms. The molecule has 3 rings (SSSR count). The Morgan fingerprint density at radius 1 is 1.47 bits per heavy atom. The summed E-state index contributed by atoms with van der Waals surface area (Å²) in [7, 11) is 0. The van der Waals surface area contributed by atoms with Crippen LogP contribution < -0.4 is 5.73 Å². The standard InChI is InChI=1S/C13H21N3S/c1-9-8-17-13(15-9)12-10(7-14)3-2-6-16(12)11-4-5-11/h8,10-12H,2-7,14H2,1H3. The van der Waals surface area contributed by atoms with Gasteiger partial charge in [0.15, 0.2) is 0 Å². The Labute approximate surface area is 107 Å². The second kappa shape index (κ2) is 4.67. The second-order valence-electron chi connectivity index (χ2n) is 5.38. The summed E-state index contributed by atoms with van der Waals surface area (Å²) in [5.74, 6) is 0.606. The third-order valence-corrected chi connectivity index (χ3v) is 5.04. The lowest BCUT2D eigenvalue weighted by Crippen LogP contribution is -2.42. The van der Waals surface area contributed by atoms with E-state index in [-0.39, 0.29) is 0 Å². The van der Waals surface area contributed by atoms with Crippen LogP contribution in [-0.2, 0) is 0 Å². The van der Waals surface area contributed by atoms with Crippen LogP contribution in [0, 0.1) is 12.8 Å². The van der Waals surface area contributed by atoms with Crippen molar-refractivity contribution in [2.45, 2.75) is 44.7 Å². The Balaban J connectivity index is 1.88. The predicted octanol–water partition coefficient (Wildman–Crippen LogP) is 2.33. The van der Waals surface area contributed by atoms with Crippen LogP contribution in [0.5, 0.6) is 0 Å². The first-order valence-electron chi connectivity index (χ1n) is 6.67. The van der Waals surface area contributed by atoms with Gasteiger partial charge in [0.1, 0.15) is 5.01 Å². The number of aromatic nitrogens is 1. The molecule has 0 bridgehead atoms. The molecule has 4 heteroatoms. The highest BCUT2D eigenvalue weighted by Gasteiger charge is 2.41. The minimum Gasteiger partial charge on any atom is -0.330 e. The van der Waals surface area contributed by atoms with E-state index >= 15 is 0 Å². The number of nitrogens with zero attached hydrogens (tertiary/aromatic N) is 2. The Morgan fingerprint density at radius 3 is 2.88 bits per heavy atom. The van der Waals surface area contributed by atoms with Crippen molar-refractivity contribution in [3.05, 3.63) is 16.1 Å². The Kier molecular flexibility index (Phi) is 3.19. The average molecular weight is 251 g/mol. The van der Waals surface area contributed by atoms with Crippen molar-refractivity contribution < 1.29 is 0 Å². The van der Waals surface area contributed by atoms with E-state index in [9.17, 15) is 0 Å². The molecule has 17 heavy (non-hydrogen) atoms. The number of hydrogen-bond acceptors (Lipinski definition) is 4. The van der Waals surface area contributed by atoms with Crippen molar-refractivity contribution in [1.82, 2.24) is 9.88 Å². The van der Waals surface area contributed by atoms with Crippen LogP contribution in [0.4, 0.5) is 0 Å². The first kappa shape index (κ1) is 11.6. The lowest BCUT2D eigenvalue weighted by atomic mass is 9.89. The highest BCUT2D eigenvalue weighted by molar-refractivity contribution is 7.09. The van der Waals surface area contributed by atoms with Crippen LogP contribution in [0.25, 0.3) is 0 Å². The minimum absolute atomic E-state index is 0.500. The number of rotatable bonds is 3. The van der Waals surface area contributed by atoms with E-state index in [0.29, 0.717) is 12.0 Å². The van der Waals surface area contributed by atoms with Crippen LogP contribution in [-0.4, -0.2) is 29.0 Å². The van der Waals surface area contributed by atoms with Gasteiger partial charge in [0.2, 0.25) is 0 Å². The number of likely N-dealkylation sites (tertiary alicyclic amines) is 1. The van der Waals surface area contributed by atoms with Gasteiger partial charge in [0.25, 0.3) is 0 Å². The number of piperidine rings is 1. The molecule has 0 aromatic carbocycles. The number of thiazole rings is 1. The molecule has 0 amide bonds. The molecule has 2 N–H and O–H groups in total. The van der Waals surface area contributed by atoms with E-state index < -0.39 is 0 Å². The van der Waals surface area contributed by atoms with Crippen molar-refractivity contribution in [2.75, 3.05) is 13.1 Å². The van der Waals surface area contributed by atoms with Gasteiger partial charge >= 0.3 is 0 Å². The van der Waals surface area contributed by atoms with Gasteiger partial charge in [0, 0.05) is 17.1 Å². The smallest absolute Gasteiger partial charge is 0.110 e. The lowest BCUT2D eigenvalue weighted by Gasteiger charge is -2.40. The fourth-order valence-electron chi connectivity index (χ4n) is 3.02. The quantitative estimate of drug-likeness (QED) is 0.896. The fourth-order valence-corrected chi connectivity index (χ4v) is 4.03. The summed E-state index contributed by atoms with van der Waals surface area (Å²) in [5, 5.41) is 3.47. The van der Waals surface area contributed by atoms with Gasteiger partial charge in [-0.1, -0.05) is 0 Å². The van der Waals surface area contributed by atoms with Crippen LogP contribution in [0.1, 0.15) is 42.4 Å². The van der Waals surface area contributed by atoms with E-state index in [1.165, 1.54) is 37.2 Å². The van der Waals surface area contributed by atoms with Gasteiger partial charge in [0.05, 0.1) is 6.04 Å². The van der Waals surface area contributed by atoms with Crippen LogP contribution in [0.15, 0.2) is 5.38 Å². The highest BCUT2D eigenvalue weighted by atomic mass is 32.1. The molecule has 2 aliphatic rings. The molecule has 1 saturated heterocycles. The third kappa shape index (κ3) is 2.26. The van der Waals surface area contributed by atoms with Crippen molar-refractivity contribution in [3.63, 3.8) is 0 Å². The van der Waals surface area contributed by atoms with Crippen LogP contribution in [0.3, 0.4) is 0 Å². The highest BCUT2D eigenvalue weighted by Crippen LogP contribution is 2.43. The first-order chi connectivity index (χ1) is 8.29. The second-order valence-corrected chi connectivity index (χ2v) is 6.27. The number of hydrogen-bond donors (Lipinski definition) is 1. The number of aryl methyl sites for hydroxylation is 1. The first-order valence-corrected chi connectivity index (χ1v) is 7.55. The topological polar surface area (TPSA) is 42.1 Å². The fraction of sp³-hybridized carbons (Fsp3) is 0.769. The van der Waals surface area contributed by atoms with Gasteiger partial charge in [-0.2, -0.15) is 0 Å². The maximum atomic E-state index is 5.97. The molecule has 0 radical (unpaired) electrons. The Bertz CT molecular complexity index is 386. The average Bonchev–Trinajstić information content (AvgIpc) is 3.11. The van der Waals surface area contributed by atoms with Crippen LogP contribution in [0.2, 0.25) is 0 Å². The van der Waals surface area contributed by atoms with E-state index in [1.54, 1.807) is 0 Å². The molecular formula is C13H21N3S. The van der Waals surface area contributed by atoms with E-state index in [2.05, 4.69) is 17.2 Å². The molecule has 1 saturated carbocycles. The normalized spacial score (nSPS) is 30.7. The predicted molar refractivity (Wildman–Crippen MR) is 71.1 cm³/mol. The molecule has 94 valence electrons. The summed E-state index contributed by atoms with van der Waals surface area (Å²) < 4.78 is 0. The zero-order chi connectivity index (χ0) is 11.8. The van der Waals surface area contributed by atoms with Gasteiger partial charge < -0.3 is 5.73 Å². The molecule has 2 fully saturated rings. The lowest BCUT2D eigenvalue weighted by molar-refractivity contribution is 0.0877. The van der Waals surface area contributed by atoms with Crippen molar-refractivity contribution >= 4 is 11.3 Å². The molecular weight excluding hydrogens is 230 g/mol.